The zero-order chi connectivity index (χ0) is 25.2. The number of alkyl halides is 2. The second-order valence-electron chi connectivity index (χ2n) is 9.38. The highest BCUT2D eigenvalue weighted by Crippen LogP contribution is 2.32. The summed E-state index contributed by atoms with van der Waals surface area (Å²) >= 11 is 0. The maximum Gasteiger partial charge on any atom is 0.266 e. The van der Waals surface area contributed by atoms with Gasteiger partial charge in [-0.05, 0) is 38.0 Å². The second kappa shape index (κ2) is 10.3. The van der Waals surface area contributed by atoms with Crippen molar-refractivity contribution in [2.75, 3.05) is 36.5 Å². The maximum absolute atomic E-state index is 14.7. The molecule has 2 aliphatic heterocycles. The summed E-state index contributed by atoms with van der Waals surface area (Å²) in [6.45, 7) is 4.31. The fourth-order valence-electron chi connectivity index (χ4n) is 4.73. The fraction of sp³-hybridized carbons (Fsp3) is 0.423. The molecule has 1 aromatic heterocycles. The van der Waals surface area contributed by atoms with Crippen LogP contribution in [0.25, 0.3) is 10.9 Å². The minimum atomic E-state index is -2.88. The van der Waals surface area contributed by atoms with Crippen LogP contribution in [0.15, 0.2) is 42.6 Å². The Morgan fingerprint density at radius 3 is 2.58 bits per heavy atom. The summed E-state index contributed by atoms with van der Waals surface area (Å²) in [7, 11) is 0. The molecule has 2 N–H and O–H groups in total. The van der Waals surface area contributed by atoms with Gasteiger partial charge in [-0.25, -0.2) is 13.2 Å². The first-order valence-electron chi connectivity index (χ1n) is 12.1. The lowest BCUT2D eigenvalue weighted by Crippen LogP contribution is -2.49. The Morgan fingerprint density at radius 2 is 1.89 bits per heavy atom. The lowest BCUT2D eigenvalue weighted by molar-refractivity contribution is -0.139. The number of nitrogens with one attached hydrogen (secondary N) is 2. The van der Waals surface area contributed by atoms with E-state index in [1.807, 2.05) is 18.2 Å². The molecule has 0 radical (unpaired) electrons. The molecule has 2 aromatic carbocycles. The number of anilines is 2. The van der Waals surface area contributed by atoms with Gasteiger partial charge in [-0.15, -0.1) is 0 Å². The standard InChI is InChI=1S/C26H28F3N5O2/c1-15(19-3-2-4-20(24(19)27)25(28)29)31-23-12-30-33-22-6-5-18(11-21(22)23)34-9-7-17(8-10-34)32-26(35)16-13-36-14-16/h2-6,11-12,15-17,25H,7-10,13-14H2,1H3,(H,31,33)(H,32,35)/t15-/m1/s1. The highest BCUT2D eigenvalue weighted by molar-refractivity contribution is 5.93. The van der Waals surface area contributed by atoms with Crippen molar-refractivity contribution in [2.45, 2.75) is 38.3 Å². The zero-order valence-corrected chi connectivity index (χ0v) is 19.9. The van der Waals surface area contributed by atoms with E-state index in [9.17, 15) is 18.0 Å². The van der Waals surface area contributed by atoms with E-state index < -0.39 is 23.8 Å². The Kier molecular flexibility index (Phi) is 6.95. The van der Waals surface area contributed by atoms with Gasteiger partial charge in [-0.1, -0.05) is 18.2 Å². The van der Waals surface area contributed by atoms with Crippen molar-refractivity contribution in [1.29, 1.82) is 0 Å². The largest absolute Gasteiger partial charge is 0.380 e. The van der Waals surface area contributed by atoms with Crippen molar-refractivity contribution < 1.29 is 22.7 Å². The van der Waals surface area contributed by atoms with Gasteiger partial charge in [-0.3, -0.25) is 4.79 Å². The molecule has 3 aromatic rings. The number of hydrogen-bond donors (Lipinski definition) is 2. The van der Waals surface area contributed by atoms with E-state index in [-0.39, 0.29) is 23.4 Å². The van der Waals surface area contributed by atoms with Crippen LogP contribution in [0.2, 0.25) is 0 Å². The summed E-state index contributed by atoms with van der Waals surface area (Å²) in [5, 5.41) is 15.4. The molecule has 2 aliphatic rings. The van der Waals surface area contributed by atoms with Crippen molar-refractivity contribution in [3.63, 3.8) is 0 Å². The van der Waals surface area contributed by atoms with E-state index >= 15 is 0 Å². The molecule has 0 aliphatic carbocycles. The molecule has 0 saturated carbocycles. The average molecular weight is 500 g/mol. The smallest absolute Gasteiger partial charge is 0.266 e. The number of carbonyl (C=O) groups is 1. The van der Waals surface area contributed by atoms with Gasteiger partial charge in [-0.2, -0.15) is 10.2 Å². The third kappa shape index (κ3) is 4.95. The molecular weight excluding hydrogens is 471 g/mol. The molecule has 10 heteroatoms. The lowest BCUT2D eigenvalue weighted by Gasteiger charge is -2.35. The molecular formula is C26H28F3N5O2. The van der Waals surface area contributed by atoms with Crippen molar-refractivity contribution in [3.8, 4) is 0 Å². The predicted molar refractivity (Wildman–Crippen MR) is 131 cm³/mol. The van der Waals surface area contributed by atoms with Crippen LogP contribution in [0.3, 0.4) is 0 Å². The molecule has 5 rings (SSSR count). The van der Waals surface area contributed by atoms with E-state index in [1.54, 1.807) is 13.1 Å². The molecule has 1 amide bonds. The number of piperidine rings is 1. The summed E-state index contributed by atoms with van der Waals surface area (Å²) in [6, 6.07) is 9.50. The number of fused-ring (bicyclic) bond motifs is 1. The highest BCUT2D eigenvalue weighted by atomic mass is 19.3. The molecule has 0 spiro atoms. The van der Waals surface area contributed by atoms with Gasteiger partial charge >= 0.3 is 0 Å². The van der Waals surface area contributed by atoms with Crippen LogP contribution >= 0.6 is 0 Å². The number of hydrogen-bond acceptors (Lipinski definition) is 6. The highest BCUT2D eigenvalue weighted by Gasteiger charge is 2.29. The molecule has 1 atom stereocenters. The summed E-state index contributed by atoms with van der Waals surface area (Å²) in [4.78, 5) is 14.5. The molecule has 2 saturated heterocycles. The molecule has 3 heterocycles. The molecule has 190 valence electrons. The average Bonchev–Trinajstić information content (AvgIpc) is 2.83. The maximum atomic E-state index is 14.7. The quantitative estimate of drug-likeness (QED) is 0.494. The first-order chi connectivity index (χ1) is 17.4. The van der Waals surface area contributed by atoms with Gasteiger partial charge in [0.25, 0.3) is 6.43 Å². The molecule has 7 nitrogen and oxygen atoms in total. The van der Waals surface area contributed by atoms with Gasteiger partial charge in [0.05, 0.1) is 48.1 Å². The van der Waals surface area contributed by atoms with Crippen LogP contribution in [-0.4, -0.2) is 48.4 Å². The monoisotopic (exact) mass is 499 g/mol. The summed E-state index contributed by atoms with van der Waals surface area (Å²) in [5.41, 5.74) is 1.87. The summed E-state index contributed by atoms with van der Waals surface area (Å²) < 4.78 is 46.1. The Labute approximate surface area is 207 Å². The Hall–Kier alpha value is -3.40. The van der Waals surface area contributed by atoms with E-state index in [0.717, 1.165) is 43.1 Å². The third-order valence-electron chi connectivity index (χ3n) is 6.97. The SMILES string of the molecule is C[C@@H](Nc1cnnc2ccc(N3CCC(NC(=O)C4COC4)CC3)cc12)c1cccc(C(F)F)c1F. The minimum absolute atomic E-state index is 0.0238. The Balaban J connectivity index is 1.30. The van der Waals surface area contributed by atoms with Crippen molar-refractivity contribution >= 4 is 28.2 Å². The molecule has 0 unspecified atom stereocenters. The van der Waals surface area contributed by atoms with Crippen LogP contribution in [0.4, 0.5) is 24.5 Å². The second-order valence-corrected chi connectivity index (χ2v) is 9.38. The van der Waals surface area contributed by atoms with Gasteiger partial charge < -0.3 is 20.3 Å². The van der Waals surface area contributed by atoms with Gasteiger partial charge in [0, 0.05) is 35.8 Å². The predicted octanol–water partition coefficient (Wildman–Crippen LogP) is 4.61. The lowest BCUT2D eigenvalue weighted by atomic mass is 10.0. The van der Waals surface area contributed by atoms with Crippen LogP contribution in [0.5, 0.6) is 0 Å². The van der Waals surface area contributed by atoms with Crippen LogP contribution in [0.1, 0.15) is 43.4 Å². The van der Waals surface area contributed by atoms with Crippen LogP contribution in [-0.2, 0) is 9.53 Å². The van der Waals surface area contributed by atoms with E-state index in [4.69, 9.17) is 4.74 Å². The van der Waals surface area contributed by atoms with Gasteiger partial charge in [0.15, 0.2) is 0 Å². The first-order valence-corrected chi connectivity index (χ1v) is 12.1. The van der Waals surface area contributed by atoms with E-state index in [2.05, 4.69) is 25.7 Å². The number of halogens is 3. The Morgan fingerprint density at radius 1 is 1.14 bits per heavy atom. The molecule has 36 heavy (non-hydrogen) atoms. The number of ether oxygens (including phenoxy) is 1. The van der Waals surface area contributed by atoms with Crippen LogP contribution < -0.4 is 15.5 Å². The van der Waals surface area contributed by atoms with Crippen molar-refractivity contribution in [2.24, 2.45) is 5.92 Å². The number of aromatic nitrogens is 2. The first kappa shape index (κ1) is 24.3. The Bertz CT molecular complexity index is 1250. The minimum Gasteiger partial charge on any atom is -0.380 e. The molecule has 2 fully saturated rings. The van der Waals surface area contributed by atoms with Crippen molar-refractivity contribution in [1.82, 2.24) is 15.5 Å². The van der Waals surface area contributed by atoms with Gasteiger partial charge in [0.1, 0.15) is 5.82 Å². The number of nitrogens with zero attached hydrogens (tertiary/aromatic N) is 3. The normalized spacial score (nSPS) is 17.8. The van der Waals surface area contributed by atoms with E-state index in [1.165, 1.54) is 12.1 Å². The number of carbonyl (C=O) groups excluding carboxylic acids is 1. The van der Waals surface area contributed by atoms with E-state index in [0.29, 0.717) is 24.4 Å². The number of benzene rings is 2. The number of rotatable bonds is 7. The zero-order valence-electron chi connectivity index (χ0n) is 19.9. The van der Waals surface area contributed by atoms with Crippen LogP contribution in [0, 0.1) is 11.7 Å². The summed E-state index contributed by atoms with van der Waals surface area (Å²) in [6.07, 6.45) is 0.360. The number of amides is 1. The fourth-order valence-corrected chi connectivity index (χ4v) is 4.73. The molecule has 0 bridgehead atoms. The topological polar surface area (TPSA) is 79.4 Å². The van der Waals surface area contributed by atoms with Gasteiger partial charge in [0.2, 0.25) is 5.91 Å². The third-order valence-corrected chi connectivity index (χ3v) is 6.97. The summed E-state index contributed by atoms with van der Waals surface area (Å²) in [5.74, 6) is -0.854. The van der Waals surface area contributed by atoms with Crippen molar-refractivity contribution in [3.05, 3.63) is 59.5 Å².